The summed E-state index contributed by atoms with van der Waals surface area (Å²) in [5, 5.41) is 22.3. The van der Waals surface area contributed by atoms with Gasteiger partial charge in [-0.05, 0) is 43.5 Å². The van der Waals surface area contributed by atoms with Crippen molar-refractivity contribution in [3.8, 4) is 0 Å². The van der Waals surface area contributed by atoms with Gasteiger partial charge in [0.05, 0.1) is 0 Å². The highest BCUT2D eigenvalue weighted by Crippen LogP contribution is 2.13. The molecule has 4 N–H and O–H groups in total. The maximum atomic E-state index is 11.8. The van der Waals surface area contributed by atoms with Crippen LogP contribution < -0.4 is 10.6 Å². The maximum absolute atomic E-state index is 11.8. The maximum Gasteiger partial charge on any atom is 0.326 e. The number of aryl methyl sites for hydroxylation is 2. The molecular weight excluding hydrogens is 276 g/mol. The topological polar surface area (TPSA) is 116 Å². The van der Waals surface area contributed by atoms with Crippen molar-refractivity contribution in [2.75, 3.05) is 5.32 Å². The number of amides is 2. The fourth-order valence-corrected chi connectivity index (χ4v) is 1.90. The summed E-state index contributed by atoms with van der Waals surface area (Å²) in [6.07, 6.45) is -0.508. The Bertz CT molecular complexity index is 536. The van der Waals surface area contributed by atoms with Gasteiger partial charge in [-0.3, -0.25) is 4.79 Å². The number of aliphatic carboxylic acids is 2. The van der Waals surface area contributed by atoms with Crippen LogP contribution in [-0.2, 0) is 9.59 Å². The highest BCUT2D eigenvalue weighted by molar-refractivity contribution is 5.92. The molecule has 0 aliphatic carbocycles. The molecule has 0 aliphatic rings. The predicted molar refractivity (Wildman–Crippen MR) is 76.4 cm³/mol. The van der Waals surface area contributed by atoms with Crippen LogP contribution in [0.25, 0.3) is 0 Å². The standard InChI is InChI=1S/C14H18N2O5/c1-8-5-9(2)7-10(6-8)15-14(21)16-11(13(19)20)3-4-12(17)18/h5-7,11H,3-4H2,1-2H3,(H,17,18)(H,19,20)(H2,15,16,21). The molecule has 0 saturated carbocycles. The van der Waals surface area contributed by atoms with Gasteiger partial charge in [-0.25, -0.2) is 9.59 Å². The van der Waals surface area contributed by atoms with E-state index in [-0.39, 0.29) is 12.8 Å². The number of benzene rings is 1. The highest BCUT2D eigenvalue weighted by Gasteiger charge is 2.20. The van der Waals surface area contributed by atoms with E-state index in [0.717, 1.165) is 11.1 Å². The SMILES string of the molecule is Cc1cc(C)cc(NC(=O)NC(CCC(=O)O)C(=O)O)c1. The number of carbonyl (C=O) groups is 3. The number of carboxylic acid groups (broad SMARTS) is 2. The molecule has 2 amide bonds. The number of carbonyl (C=O) groups excluding carboxylic acids is 1. The van der Waals surface area contributed by atoms with Crippen LogP contribution in [-0.4, -0.2) is 34.2 Å². The predicted octanol–water partition coefficient (Wildman–Crippen LogP) is 1.74. The molecule has 0 aliphatic heterocycles. The zero-order chi connectivity index (χ0) is 16.0. The van der Waals surface area contributed by atoms with Gasteiger partial charge in [0.15, 0.2) is 0 Å². The van der Waals surface area contributed by atoms with E-state index < -0.39 is 24.0 Å². The van der Waals surface area contributed by atoms with Crippen LogP contribution in [0.3, 0.4) is 0 Å². The first kappa shape index (κ1) is 16.5. The molecule has 0 heterocycles. The summed E-state index contributed by atoms with van der Waals surface area (Å²) in [4.78, 5) is 33.2. The summed E-state index contributed by atoms with van der Waals surface area (Å²) >= 11 is 0. The fourth-order valence-electron chi connectivity index (χ4n) is 1.90. The lowest BCUT2D eigenvalue weighted by Crippen LogP contribution is -2.43. The van der Waals surface area contributed by atoms with E-state index in [0.29, 0.717) is 5.69 Å². The quantitative estimate of drug-likeness (QED) is 0.638. The molecule has 0 spiro atoms. The summed E-state index contributed by atoms with van der Waals surface area (Å²) in [6, 6.07) is 3.51. The number of rotatable bonds is 6. The number of anilines is 1. The average molecular weight is 294 g/mol. The molecule has 0 bridgehead atoms. The molecule has 7 heteroatoms. The van der Waals surface area contributed by atoms with E-state index in [9.17, 15) is 14.4 Å². The molecule has 1 aromatic carbocycles. The van der Waals surface area contributed by atoms with E-state index >= 15 is 0 Å². The zero-order valence-electron chi connectivity index (χ0n) is 11.8. The van der Waals surface area contributed by atoms with Crippen molar-refractivity contribution < 1.29 is 24.6 Å². The Morgan fingerprint density at radius 1 is 1.10 bits per heavy atom. The van der Waals surface area contributed by atoms with Gasteiger partial charge in [0, 0.05) is 12.1 Å². The lowest BCUT2D eigenvalue weighted by atomic mass is 10.1. The molecule has 21 heavy (non-hydrogen) atoms. The van der Waals surface area contributed by atoms with Crippen molar-refractivity contribution in [3.05, 3.63) is 29.3 Å². The second-order valence-corrected chi connectivity index (χ2v) is 4.80. The summed E-state index contributed by atoms with van der Waals surface area (Å²) < 4.78 is 0. The van der Waals surface area contributed by atoms with Gasteiger partial charge < -0.3 is 20.8 Å². The number of hydrogen-bond donors (Lipinski definition) is 4. The number of nitrogens with one attached hydrogen (secondary N) is 2. The first-order valence-electron chi connectivity index (χ1n) is 6.38. The molecule has 0 fully saturated rings. The van der Waals surface area contributed by atoms with Crippen molar-refractivity contribution in [3.63, 3.8) is 0 Å². The number of urea groups is 1. The second kappa shape index (κ2) is 7.28. The Morgan fingerprint density at radius 2 is 1.67 bits per heavy atom. The summed E-state index contributed by atoms with van der Waals surface area (Å²) in [5.74, 6) is -2.38. The van der Waals surface area contributed by atoms with Crippen molar-refractivity contribution in [1.82, 2.24) is 5.32 Å². The Kier molecular flexibility index (Phi) is 5.71. The molecule has 7 nitrogen and oxygen atoms in total. The second-order valence-electron chi connectivity index (χ2n) is 4.80. The van der Waals surface area contributed by atoms with E-state index in [1.54, 1.807) is 12.1 Å². The third-order valence-electron chi connectivity index (χ3n) is 2.73. The van der Waals surface area contributed by atoms with E-state index in [1.165, 1.54) is 0 Å². The normalized spacial score (nSPS) is 11.5. The van der Waals surface area contributed by atoms with Crippen LogP contribution in [0.2, 0.25) is 0 Å². The molecule has 0 radical (unpaired) electrons. The van der Waals surface area contributed by atoms with Crippen molar-refractivity contribution in [2.24, 2.45) is 0 Å². The highest BCUT2D eigenvalue weighted by atomic mass is 16.4. The van der Waals surface area contributed by atoms with E-state index in [4.69, 9.17) is 10.2 Å². The van der Waals surface area contributed by atoms with Crippen LogP contribution in [0.5, 0.6) is 0 Å². The van der Waals surface area contributed by atoms with Crippen LogP contribution in [0.4, 0.5) is 10.5 Å². The molecule has 0 aromatic heterocycles. The molecule has 1 atom stereocenters. The molecule has 1 aromatic rings. The smallest absolute Gasteiger partial charge is 0.326 e. The Labute approximate surface area is 122 Å². The molecule has 114 valence electrons. The zero-order valence-corrected chi connectivity index (χ0v) is 11.8. The van der Waals surface area contributed by atoms with Crippen molar-refractivity contribution >= 4 is 23.7 Å². The Morgan fingerprint density at radius 3 is 2.14 bits per heavy atom. The van der Waals surface area contributed by atoms with Crippen molar-refractivity contribution in [1.29, 1.82) is 0 Å². The number of hydrogen-bond acceptors (Lipinski definition) is 3. The minimum absolute atomic E-state index is 0.176. The van der Waals surface area contributed by atoms with Crippen LogP contribution in [0, 0.1) is 13.8 Å². The molecule has 1 rings (SSSR count). The van der Waals surface area contributed by atoms with Crippen LogP contribution in [0.15, 0.2) is 18.2 Å². The van der Waals surface area contributed by atoms with Gasteiger partial charge in [0.25, 0.3) is 0 Å². The minimum atomic E-state index is -1.27. The first-order valence-corrected chi connectivity index (χ1v) is 6.38. The summed E-state index contributed by atoms with van der Waals surface area (Å²) in [6.45, 7) is 3.76. The van der Waals surface area contributed by atoms with E-state index in [1.807, 2.05) is 19.9 Å². The molecule has 1 unspecified atom stereocenters. The first-order chi connectivity index (χ1) is 9.77. The average Bonchev–Trinajstić information content (AvgIpc) is 2.32. The number of carboxylic acids is 2. The molecular formula is C14H18N2O5. The minimum Gasteiger partial charge on any atom is -0.481 e. The Balaban J connectivity index is 2.65. The Hall–Kier alpha value is -2.57. The summed E-state index contributed by atoms with van der Waals surface area (Å²) in [7, 11) is 0. The third kappa shape index (κ3) is 5.94. The monoisotopic (exact) mass is 294 g/mol. The molecule has 0 saturated heterocycles. The van der Waals surface area contributed by atoms with Gasteiger partial charge in [-0.1, -0.05) is 6.07 Å². The van der Waals surface area contributed by atoms with Crippen molar-refractivity contribution in [2.45, 2.75) is 32.7 Å². The van der Waals surface area contributed by atoms with Crippen LogP contribution >= 0.6 is 0 Å². The van der Waals surface area contributed by atoms with Gasteiger partial charge in [0.1, 0.15) is 6.04 Å². The third-order valence-corrected chi connectivity index (χ3v) is 2.73. The lowest BCUT2D eigenvalue weighted by Gasteiger charge is -2.14. The van der Waals surface area contributed by atoms with Gasteiger partial charge in [-0.2, -0.15) is 0 Å². The summed E-state index contributed by atoms with van der Waals surface area (Å²) in [5.41, 5.74) is 2.48. The van der Waals surface area contributed by atoms with Gasteiger partial charge in [-0.15, -0.1) is 0 Å². The van der Waals surface area contributed by atoms with Crippen LogP contribution in [0.1, 0.15) is 24.0 Å². The lowest BCUT2D eigenvalue weighted by molar-refractivity contribution is -0.140. The van der Waals surface area contributed by atoms with Gasteiger partial charge >= 0.3 is 18.0 Å². The van der Waals surface area contributed by atoms with E-state index in [2.05, 4.69) is 10.6 Å². The largest absolute Gasteiger partial charge is 0.481 e. The fraction of sp³-hybridized carbons (Fsp3) is 0.357. The van der Waals surface area contributed by atoms with Gasteiger partial charge in [0.2, 0.25) is 0 Å².